The number of thiophene rings is 1. The minimum atomic E-state index is -4.63. The molecule has 0 atom stereocenters. The van der Waals surface area contributed by atoms with E-state index in [0.717, 1.165) is 42.1 Å². The van der Waals surface area contributed by atoms with Gasteiger partial charge in [-0.25, -0.2) is 0 Å². The lowest BCUT2D eigenvalue weighted by Gasteiger charge is -2.36. The minimum absolute atomic E-state index is 0.127. The Morgan fingerprint density at radius 1 is 1.13 bits per heavy atom. The molecule has 2 nitrogen and oxygen atoms in total. The first kappa shape index (κ1) is 15.3. The van der Waals surface area contributed by atoms with Gasteiger partial charge < -0.3 is 4.74 Å². The summed E-state index contributed by atoms with van der Waals surface area (Å²) in [6.45, 7) is 2.13. The maximum absolute atomic E-state index is 12.4. The van der Waals surface area contributed by atoms with Crippen LogP contribution in [0.15, 0.2) is 18.2 Å². The molecule has 0 saturated heterocycles. The molecule has 0 radical (unpaired) electrons. The average molecular weight is 341 g/mol. The molecular weight excluding hydrogens is 323 g/mol. The first-order valence-electron chi connectivity index (χ1n) is 8.04. The predicted octanol–water partition coefficient (Wildman–Crippen LogP) is 4.75. The molecule has 6 heteroatoms. The number of nitrogens with zero attached hydrogens (tertiary/aromatic N) is 1. The molecule has 4 rings (SSSR count). The number of halogens is 3. The van der Waals surface area contributed by atoms with Gasteiger partial charge >= 0.3 is 6.36 Å². The molecule has 2 aromatic rings. The van der Waals surface area contributed by atoms with Crippen molar-refractivity contribution in [3.05, 3.63) is 28.6 Å². The molecule has 2 heterocycles. The molecule has 0 unspecified atom stereocenters. The molecule has 0 bridgehead atoms. The van der Waals surface area contributed by atoms with E-state index in [2.05, 4.69) is 9.64 Å². The van der Waals surface area contributed by atoms with Gasteiger partial charge in [-0.15, -0.1) is 24.5 Å². The number of benzene rings is 1. The van der Waals surface area contributed by atoms with Crippen LogP contribution in [0.5, 0.6) is 5.75 Å². The molecule has 1 aliphatic heterocycles. The summed E-state index contributed by atoms with van der Waals surface area (Å²) >= 11 is 1.62. The van der Waals surface area contributed by atoms with E-state index in [0.29, 0.717) is 0 Å². The maximum atomic E-state index is 12.4. The van der Waals surface area contributed by atoms with Crippen LogP contribution in [0, 0.1) is 0 Å². The third-order valence-corrected chi connectivity index (χ3v) is 6.20. The number of fused-ring (bicyclic) bond motifs is 3. The van der Waals surface area contributed by atoms with Gasteiger partial charge in [0.15, 0.2) is 0 Å². The Kier molecular flexibility index (Phi) is 3.76. The van der Waals surface area contributed by atoms with Crippen molar-refractivity contribution in [2.24, 2.45) is 0 Å². The lowest BCUT2D eigenvalue weighted by atomic mass is 9.91. The average Bonchev–Trinajstić information content (AvgIpc) is 2.62. The highest BCUT2D eigenvalue weighted by Crippen LogP contribution is 2.38. The second-order valence-corrected chi connectivity index (χ2v) is 7.47. The van der Waals surface area contributed by atoms with Crippen molar-refractivity contribution in [2.45, 2.75) is 44.5 Å². The highest BCUT2D eigenvalue weighted by atomic mass is 32.1. The van der Waals surface area contributed by atoms with Crippen LogP contribution >= 0.6 is 11.3 Å². The number of alkyl halides is 3. The van der Waals surface area contributed by atoms with Gasteiger partial charge in [0.25, 0.3) is 0 Å². The molecule has 1 saturated carbocycles. The Hall–Kier alpha value is -1.27. The van der Waals surface area contributed by atoms with Gasteiger partial charge in [0.2, 0.25) is 0 Å². The standard InChI is InChI=1S/C17H18F3NOS/c18-17(19,20)22-12-4-5-13-14-6-8-21(11-2-1-3-11)9-7-15(14)23-16(13)10-12/h4-5,10-11H,1-3,6-9H2. The van der Waals surface area contributed by atoms with Crippen molar-refractivity contribution in [2.75, 3.05) is 13.1 Å². The quantitative estimate of drug-likeness (QED) is 0.781. The van der Waals surface area contributed by atoms with Gasteiger partial charge in [0.05, 0.1) is 0 Å². The summed E-state index contributed by atoms with van der Waals surface area (Å²) in [5, 5.41) is 1.09. The molecule has 0 amide bonds. The van der Waals surface area contributed by atoms with E-state index in [1.54, 1.807) is 17.4 Å². The van der Waals surface area contributed by atoms with Crippen LogP contribution in [0.3, 0.4) is 0 Å². The Morgan fingerprint density at radius 3 is 2.61 bits per heavy atom. The predicted molar refractivity (Wildman–Crippen MR) is 85.1 cm³/mol. The van der Waals surface area contributed by atoms with Crippen LogP contribution in [0.4, 0.5) is 13.2 Å². The molecule has 0 N–H and O–H groups in total. The Labute approximate surface area is 136 Å². The minimum Gasteiger partial charge on any atom is -0.406 e. The Morgan fingerprint density at radius 2 is 1.91 bits per heavy atom. The van der Waals surface area contributed by atoms with Crippen molar-refractivity contribution < 1.29 is 17.9 Å². The Balaban J connectivity index is 1.59. The van der Waals surface area contributed by atoms with E-state index in [1.165, 1.54) is 41.8 Å². The van der Waals surface area contributed by atoms with Gasteiger partial charge in [-0.2, -0.15) is 0 Å². The lowest BCUT2D eigenvalue weighted by Crippen LogP contribution is -2.41. The topological polar surface area (TPSA) is 12.5 Å². The van der Waals surface area contributed by atoms with Gasteiger partial charge in [0.1, 0.15) is 5.75 Å². The van der Waals surface area contributed by atoms with Crippen molar-refractivity contribution in [3.8, 4) is 5.75 Å². The summed E-state index contributed by atoms with van der Waals surface area (Å²) < 4.78 is 42.0. The molecule has 1 aromatic heterocycles. The van der Waals surface area contributed by atoms with Crippen LogP contribution in [-0.2, 0) is 12.8 Å². The van der Waals surface area contributed by atoms with E-state index in [4.69, 9.17) is 0 Å². The van der Waals surface area contributed by atoms with Crippen LogP contribution in [0.2, 0.25) is 0 Å². The molecule has 1 fully saturated rings. The highest BCUT2D eigenvalue weighted by molar-refractivity contribution is 7.19. The van der Waals surface area contributed by atoms with Gasteiger partial charge in [-0.05, 0) is 54.8 Å². The van der Waals surface area contributed by atoms with Gasteiger partial charge in [0, 0.05) is 28.7 Å². The lowest BCUT2D eigenvalue weighted by molar-refractivity contribution is -0.274. The Bertz CT molecular complexity index is 720. The smallest absolute Gasteiger partial charge is 0.406 e. The molecular formula is C17H18F3NOS. The maximum Gasteiger partial charge on any atom is 0.573 e. The summed E-state index contributed by atoms with van der Waals surface area (Å²) in [7, 11) is 0. The second-order valence-electron chi connectivity index (χ2n) is 6.33. The molecule has 23 heavy (non-hydrogen) atoms. The molecule has 1 aromatic carbocycles. The van der Waals surface area contributed by atoms with E-state index < -0.39 is 6.36 Å². The fourth-order valence-corrected chi connectivity index (χ4v) is 4.85. The highest BCUT2D eigenvalue weighted by Gasteiger charge is 2.31. The zero-order valence-electron chi connectivity index (χ0n) is 12.7. The van der Waals surface area contributed by atoms with Crippen LogP contribution in [0.1, 0.15) is 29.7 Å². The number of ether oxygens (including phenoxy) is 1. The monoisotopic (exact) mass is 341 g/mol. The van der Waals surface area contributed by atoms with Crippen LogP contribution < -0.4 is 4.74 Å². The number of hydrogen-bond acceptors (Lipinski definition) is 3. The van der Waals surface area contributed by atoms with E-state index in [-0.39, 0.29) is 5.75 Å². The van der Waals surface area contributed by atoms with Crippen molar-refractivity contribution in [1.82, 2.24) is 4.90 Å². The van der Waals surface area contributed by atoms with Crippen molar-refractivity contribution in [3.63, 3.8) is 0 Å². The summed E-state index contributed by atoms with van der Waals surface area (Å²) in [4.78, 5) is 3.91. The summed E-state index contributed by atoms with van der Waals surface area (Å²) in [6.07, 6.45) is 1.32. The molecule has 1 aliphatic carbocycles. The fourth-order valence-electron chi connectivity index (χ4n) is 3.58. The van der Waals surface area contributed by atoms with E-state index >= 15 is 0 Å². The third kappa shape index (κ3) is 3.06. The zero-order chi connectivity index (χ0) is 16.0. The number of hydrogen-bond donors (Lipinski definition) is 0. The van der Waals surface area contributed by atoms with Gasteiger partial charge in [-0.3, -0.25) is 4.90 Å². The van der Waals surface area contributed by atoms with Crippen LogP contribution in [0.25, 0.3) is 10.1 Å². The first-order chi connectivity index (χ1) is 11.0. The number of rotatable bonds is 2. The van der Waals surface area contributed by atoms with E-state index in [1.807, 2.05) is 0 Å². The summed E-state index contributed by atoms with van der Waals surface area (Å²) in [5.41, 5.74) is 1.32. The summed E-state index contributed by atoms with van der Waals surface area (Å²) in [5.74, 6) is -0.127. The largest absolute Gasteiger partial charge is 0.573 e. The third-order valence-electron chi connectivity index (χ3n) is 4.95. The van der Waals surface area contributed by atoms with E-state index in [9.17, 15) is 13.2 Å². The fraction of sp³-hybridized carbons (Fsp3) is 0.529. The van der Waals surface area contributed by atoms with Gasteiger partial charge in [-0.1, -0.05) is 6.42 Å². The summed E-state index contributed by atoms with van der Waals surface area (Å²) in [6, 6.07) is 5.48. The second kappa shape index (κ2) is 5.67. The molecule has 124 valence electrons. The van der Waals surface area contributed by atoms with Crippen molar-refractivity contribution >= 4 is 21.4 Å². The zero-order valence-corrected chi connectivity index (χ0v) is 13.5. The molecule has 2 aliphatic rings. The molecule has 0 spiro atoms. The first-order valence-corrected chi connectivity index (χ1v) is 8.85. The van der Waals surface area contributed by atoms with Crippen LogP contribution in [-0.4, -0.2) is 30.4 Å². The SMILES string of the molecule is FC(F)(F)Oc1ccc2c3c(sc2c1)CCN(C1CCC1)CC3. The normalized spacial score (nSPS) is 20.1. The van der Waals surface area contributed by atoms with Crippen molar-refractivity contribution in [1.29, 1.82) is 0 Å².